The van der Waals surface area contributed by atoms with Crippen LogP contribution in [-0.4, -0.2) is 33.8 Å². The molecule has 4 aromatic rings. The monoisotopic (exact) mass is 434 g/mol. The second kappa shape index (κ2) is 9.23. The minimum atomic E-state index is -0.478. The van der Waals surface area contributed by atoms with Crippen molar-refractivity contribution in [3.05, 3.63) is 88.6 Å². The van der Waals surface area contributed by atoms with Gasteiger partial charge in [-0.2, -0.15) is 0 Å². The average molecular weight is 434 g/mol. The maximum absolute atomic E-state index is 12.4. The van der Waals surface area contributed by atoms with E-state index in [-0.39, 0.29) is 17.5 Å². The van der Waals surface area contributed by atoms with E-state index >= 15 is 0 Å². The van der Waals surface area contributed by atoms with Crippen LogP contribution in [0.25, 0.3) is 5.69 Å². The number of benzene rings is 2. The Balaban J connectivity index is 1.35. The van der Waals surface area contributed by atoms with Gasteiger partial charge < -0.3 is 19.4 Å². The molecular formula is C22H18N4O4S. The van der Waals surface area contributed by atoms with Crippen LogP contribution < -0.4 is 10.1 Å². The number of hydrogen-bond acceptors (Lipinski definition) is 7. The van der Waals surface area contributed by atoms with E-state index in [0.717, 1.165) is 17.0 Å². The Labute approximate surface area is 182 Å². The van der Waals surface area contributed by atoms with Crippen molar-refractivity contribution in [2.45, 2.75) is 6.61 Å². The van der Waals surface area contributed by atoms with E-state index in [0.29, 0.717) is 22.0 Å². The Morgan fingerprint density at radius 1 is 1.03 bits per heavy atom. The van der Waals surface area contributed by atoms with Crippen LogP contribution >= 0.6 is 11.3 Å². The third kappa shape index (κ3) is 4.96. The molecule has 0 spiro atoms. The summed E-state index contributed by atoms with van der Waals surface area (Å²) in [5.41, 5.74) is 1.89. The highest BCUT2D eigenvalue weighted by molar-refractivity contribution is 7.13. The van der Waals surface area contributed by atoms with Crippen LogP contribution in [0.4, 0.5) is 5.69 Å². The zero-order valence-corrected chi connectivity index (χ0v) is 17.3. The molecule has 0 aliphatic rings. The van der Waals surface area contributed by atoms with Gasteiger partial charge in [0.1, 0.15) is 12.4 Å². The van der Waals surface area contributed by atoms with Gasteiger partial charge in [-0.15, -0.1) is 10.2 Å². The number of nitrogens with zero attached hydrogens (tertiary/aromatic N) is 3. The minimum Gasteiger partial charge on any atom is -0.497 e. The highest BCUT2D eigenvalue weighted by Gasteiger charge is 2.15. The molecule has 156 valence electrons. The zero-order chi connectivity index (χ0) is 21.6. The molecule has 0 fully saturated rings. The number of carbonyl (C=O) groups is 2. The number of methoxy groups -OCH3 is 1. The summed E-state index contributed by atoms with van der Waals surface area (Å²) in [6.07, 6.45) is 3.79. The van der Waals surface area contributed by atoms with E-state index in [2.05, 4.69) is 15.5 Å². The standard InChI is InChI=1S/C22H18N4O4S/c1-29-18-9-7-16(8-10-18)23-20(27)21-25-24-19(31-21)14-30-22(28)15-5-4-6-17(13-15)26-11-2-3-12-26/h2-13H,14H2,1H3,(H,23,27). The molecule has 9 heteroatoms. The quantitative estimate of drug-likeness (QED) is 0.443. The van der Waals surface area contributed by atoms with Gasteiger partial charge in [-0.25, -0.2) is 4.79 Å². The first-order valence-electron chi connectivity index (χ1n) is 9.31. The van der Waals surface area contributed by atoms with Crippen LogP contribution in [0.15, 0.2) is 73.1 Å². The fourth-order valence-electron chi connectivity index (χ4n) is 2.77. The first kappa shape index (κ1) is 20.3. The van der Waals surface area contributed by atoms with Gasteiger partial charge in [-0.1, -0.05) is 17.4 Å². The van der Waals surface area contributed by atoms with Crippen molar-refractivity contribution in [3.8, 4) is 11.4 Å². The molecule has 0 saturated carbocycles. The molecule has 31 heavy (non-hydrogen) atoms. The van der Waals surface area contributed by atoms with Crippen molar-refractivity contribution in [1.29, 1.82) is 0 Å². The molecule has 0 radical (unpaired) electrons. The number of rotatable bonds is 7. The summed E-state index contributed by atoms with van der Waals surface area (Å²) in [7, 11) is 1.57. The molecule has 1 N–H and O–H groups in total. The van der Waals surface area contributed by atoms with Gasteiger partial charge in [0.2, 0.25) is 5.01 Å². The van der Waals surface area contributed by atoms with Crippen LogP contribution in [0, 0.1) is 0 Å². The Morgan fingerprint density at radius 2 is 1.81 bits per heavy atom. The lowest BCUT2D eigenvalue weighted by molar-refractivity contribution is 0.0471. The van der Waals surface area contributed by atoms with E-state index in [9.17, 15) is 9.59 Å². The molecule has 0 unspecified atom stereocenters. The number of ether oxygens (including phenoxy) is 2. The molecule has 2 heterocycles. The van der Waals surface area contributed by atoms with Gasteiger partial charge in [0.05, 0.1) is 12.7 Å². The van der Waals surface area contributed by atoms with Crippen LogP contribution in [0.5, 0.6) is 5.75 Å². The van der Waals surface area contributed by atoms with E-state index in [1.807, 2.05) is 35.2 Å². The molecule has 4 rings (SSSR count). The molecule has 0 atom stereocenters. The van der Waals surface area contributed by atoms with E-state index in [4.69, 9.17) is 9.47 Å². The largest absolute Gasteiger partial charge is 0.497 e. The lowest BCUT2D eigenvalue weighted by Crippen LogP contribution is -2.11. The summed E-state index contributed by atoms with van der Waals surface area (Å²) in [5, 5.41) is 11.2. The Morgan fingerprint density at radius 3 is 2.55 bits per heavy atom. The number of nitrogens with one attached hydrogen (secondary N) is 1. The number of amides is 1. The normalized spacial score (nSPS) is 10.5. The zero-order valence-electron chi connectivity index (χ0n) is 16.5. The van der Waals surface area contributed by atoms with E-state index in [1.165, 1.54) is 0 Å². The molecule has 0 bridgehead atoms. The average Bonchev–Trinajstić information content (AvgIpc) is 3.50. The van der Waals surface area contributed by atoms with Crippen molar-refractivity contribution in [3.63, 3.8) is 0 Å². The Bertz CT molecular complexity index is 1190. The maximum atomic E-state index is 12.4. The molecule has 0 aliphatic heterocycles. The third-order valence-electron chi connectivity index (χ3n) is 4.32. The summed E-state index contributed by atoms with van der Waals surface area (Å²) in [4.78, 5) is 24.8. The number of esters is 1. The highest BCUT2D eigenvalue weighted by atomic mass is 32.1. The minimum absolute atomic E-state index is 0.0694. The number of anilines is 1. The molecular weight excluding hydrogens is 416 g/mol. The van der Waals surface area contributed by atoms with Crippen LogP contribution in [0.1, 0.15) is 25.2 Å². The number of aromatic nitrogens is 3. The van der Waals surface area contributed by atoms with Crippen LogP contribution in [0.3, 0.4) is 0 Å². The summed E-state index contributed by atoms with van der Waals surface area (Å²) < 4.78 is 12.3. The molecule has 2 aromatic carbocycles. The van der Waals surface area contributed by atoms with Gasteiger partial charge in [0.25, 0.3) is 5.91 Å². The van der Waals surface area contributed by atoms with Crippen molar-refractivity contribution >= 4 is 28.9 Å². The van der Waals surface area contributed by atoms with Gasteiger partial charge in [-0.3, -0.25) is 4.79 Å². The molecule has 0 saturated heterocycles. The lowest BCUT2D eigenvalue weighted by atomic mass is 10.2. The van der Waals surface area contributed by atoms with Crippen molar-refractivity contribution in [1.82, 2.24) is 14.8 Å². The van der Waals surface area contributed by atoms with Crippen LogP contribution in [0.2, 0.25) is 0 Å². The lowest BCUT2D eigenvalue weighted by Gasteiger charge is -2.06. The van der Waals surface area contributed by atoms with Crippen molar-refractivity contribution in [2.24, 2.45) is 0 Å². The smallest absolute Gasteiger partial charge is 0.338 e. The first-order chi connectivity index (χ1) is 15.1. The van der Waals surface area contributed by atoms with E-state index < -0.39 is 5.97 Å². The second-order valence-corrected chi connectivity index (χ2v) is 7.46. The van der Waals surface area contributed by atoms with Crippen molar-refractivity contribution in [2.75, 3.05) is 12.4 Å². The summed E-state index contributed by atoms with van der Waals surface area (Å²) in [6, 6.07) is 17.9. The second-order valence-electron chi connectivity index (χ2n) is 6.40. The number of hydrogen-bond donors (Lipinski definition) is 1. The molecule has 1 amide bonds. The Kier molecular flexibility index (Phi) is 6.04. The maximum Gasteiger partial charge on any atom is 0.338 e. The van der Waals surface area contributed by atoms with E-state index in [1.54, 1.807) is 49.6 Å². The SMILES string of the molecule is COc1ccc(NC(=O)c2nnc(COC(=O)c3cccc(-n4cccc4)c3)s2)cc1. The first-order valence-corrected chi connectivity index (χ1v) is 10.1. The summed E-state index contributed by atoms with van der Waals surface area (Å²) in [6.45, 7) is -0.0694. The predicted octanol–water partition coefficient (Wildman–Crippen LogP) is 3.95. The predicted molar refractivity (Wildman–Crippen MR) is 116 cm³/mol. The van der Waals surface area contributed by atoms with Crippen LogP contribution in [-0.2, 0) is 11.3 Å². The fourth-order valence-corrected chi connectivity index (χ4v) is 3.42. The summed E-state index contributed by atoms with van der Waals surface area (Å²) in [5.74, 6) is -0.176. The fraction of sp³-hybridized carbons (Fsp3) is 0.0909. The summed E-state index contributed by atoms with van der Waals surface area (Å²) >= 11 is 1.07. The highest BCUT2D eigenvalue weighted by Crippen LogP contribution is 2.18. The number of carbonyl (C=O) groups excluding carboxylic acids is 2. The van der Waals surface area contributed by atoms with Gasteiger partial charge in [-0.05, 0) is 54.6 Å². The van der Waals surface area contributed by atoms with Gasteiger partial charge in [0, 0.05) is 23.8 Å². The molecule has 2 aromatic heterocycles. The van der Waals surface area contributed by atoms with Crippen molar-refractivity contribution < 1.29 is 19.1 Å². The van der Waals surface area contributed by atoms with Gasteiger partial charge in [0.15, 0.2) is 5.01 Å². The third-order valence-corrected chi connectivity index (χ3v) is 5.22. The topological polar surface area (TPSA) is 95.3 Å². The van der Waals surface area contributed by atoms with Gasteiger partial charge >= 0.3 is 5.97 Å². The Hall–Kier alpha value is -3.98. The molecule has 0 aliphatic carbocycles. The molecule has 8 nitrogen and oxygen atoms in total.